The van der Waals surface area contributed by atoms with E-state index in [0.29, 0.717) is 12.3 Å². The van der Waals surface area contributed by atoms with Crippen molar-refractivity contribution in [3.8, 4) is 0 Å². The number of aromatic nitrogens is 2. The second-order valence-corrected chi connectivity index (χ2v) is 7.53. The van der Waals surface area contributed by atoms with Crippen LogP contribution >= 0.6 is 0 Å². The van der Waals surface area contributed by atoms with E-state index < -0.39 is 0 Å². The van der Waals surface area contributed by atoms with E-state index in [9.17, 15) is 4.79 Å². The first kappa shape index (κ1) is 15.2. The molecule has 0 radical (unpaired) electrons. The van der Waals surface area contributed by atoms with Gasteiger partial charge in [0, 0.05) is 18.3 Å². The van der Waals surface area contributed by atoms with Crippen LogP contribution in [0, 0.1) is 0 Å². The first-order chi connectivity index (χ1) is 11.2. The highest BCUT2D eigenvalue weighted by Gasteiger charge is 2.41. The molecule has 3 aliphatic rings. The number of nitrogens with one attached hydrogen (secondary N) is 1. The number of carbonyl (C=O) groups is 1. The first-order valence-corrected chi connectivity index (χ1v) is 9.16. The van der Waals surface area contributed by atoms with Gasteiger partial charge in [0.15, 0.2) is 5.69 Å². The van der Waals surface area contributed by atoms with E-state index in [1.165, 1.54) is 36.9 Å². The van der Waals surface area contributed by atoms with Crippen molar-refractivity contribution in [1.82, 2.24) is 15.1 Å². The minimum absolute atomic E-state index is 0.00907. The SMILES string of the molecule is Cn1nc(C(=O)N[C@H]2COC3(CCCCC3)C2)c2c1CCCC2. The normalized spacial score (nSPS) is 26.2. The van der Waals surface area contributed by atoms with Crippen molar-refractivity contribution in [3.63, 3.8) is 0 Å². The molecule has 0 bridgehead atoms. The molecule has 2 aliphatic carbocycles. The Hall–Kier alpha value is -1.36. The van der Waals surface area contributed by atoms with Crippen LogP contribution in [0.5, 0.6) is 0 Å². The van der Waals surface area contributed by atoms with Crippen molar-refractivity contribution >= 4 is 5.91 Å². The van der Waals surface area contributed by atoms with Gasteiger partial charge in [-0.05, 0) is 44.9 Å². The number of fused-ring (bicyclic) bond motifs is 1. The van der Waals surface area contributed by atoms with Crippen LogP contribution in [0.1, 0.15) is 73.1 Å². The van der Waals surface area contributed by atoms with Crippen molar-refractivity contribution in [3.05, 3.63) is 17.0 Å². The lowest BCUT2D eigenvalue weighted by atomic mass is 9.82. The molecule has 23 heavy (non-hydrogen) atoms. The van der Waals surface area contributed by atoms with Gasteiger partial charge < -0.3 is 10.1 Å². The molecule has 1 N–H and O–H groups in total. The Labute approximate surface area is 137 Å². The van der Waals surface area contributed by atoms with E-state index in [-0.39, 0.29) is 17.6 Å². The molecule has 1 spiro atoms. The average molecular weight is 317 g/mol. The van der Waals surface area contributed by atoms with Crippen LogP contribution < -0.4 is 5.32 Å². The highest BCUT2D eigenvalue weighted by atomic mass is 16.5. The number of hydrogen-bond donors (Lipinski definition) is 1. The van der Waals surface area contributed by atoms with Crippen LogP contribution in [0.25, 0.3) is 0 Å². The molecule has 0 unspecified atom stereocenters. The number of ether oxygens (including phenoxy) is 1. The Balaban J connectivity index is 1.45. The molecule has 1 saturated carbocycles. The van der Waals surface area contributed by atoms with E-state index >= 15 is 0 Å². The molecular weight excluding hydrogens is 290 g/mol. The Morgan fingerprint density at radius 2 is 2.00 bits per heavy atom. The molecule has 0 aromatic carbocycles. The summed E-state index contributed by atoms with van der Waals surface area (Å²) in [6.45, 7) is 0.654. The lowest BCUT2D eigenvalue weighted by molar-refractivity contribution is -0.0246. The third-order valence-electron chi connectivity index (χ3n) is 5.89. The zero-order chi connectivity index (χ0) is 15.9. The molecule has 1 saturated heterocycles. The largest absolute Gasteiger partial charge is 0.373 e. The molecule has 2 fully saturated rings. The summed E-state index contributed by atoms with van der Waals surface area (Å²) in [7, 11) is 1.95. The Kier molecular flexibility index (Phi) is 3.92. The maximum absolute atomic E-state index is 12.7. The molecule has 4 rings (SSSR count). The quantitative estimate of drug-likeness (QED) is 0.912. The van der Waals surface area contributed by atoms with E-state index in [1.807, 2.05) is 11.7 Å². The number of rotatable bonds is 2. The molecule has 126 valence electrons. The summed E-state index contributed by atoms with van der Waals surface area (Å²) in [6.07, 6.45) is 11.5. The van der Waals surface area contributed by atoms with Crippen LogP contribution in [0.4, 0.5) is 0 Å². The van der Waals surface area contributed by atoms with Gasteiger partial charge in [-0.25, -0.2) is 0 Å². The van der Waals surface area contributed by atoms with Gasteiger partial charge in [0.05, 0.1) is 18.2 Å². The topological polar surface area (TPSA) is 56.2 Å². The average Bonchev–Trinajstić information content (AvgIpc) is 3.10. The van der Waals surface area contributed by atoms with E-state index in [0.717, 1.165) is 38.5 Å². The molecule has 1 aromatic rings. The molecule has 5 nitrogen and oxygen atoms in total. The van der Waals surface area contributed by atoms with Gasteiger partial charge in [0.2, 0.25) is 0 Å². The minimum Gasteiger partial charge on any atom is -0.373 e. The van der Waals surface area contributed by atoms with Crippen LogP contribution in [0.2, 0.25) is 0 Å². The van der Waals surface area contributed by atoms with Crippen LogP contribution in [0.3, 0.4) is 0 Å². The fraction of sp³-hybridized carbons (Fsp3) is 0.778. The van der Waals surface area contributed by atoms with Gasteiger partial charge >= 0.3 is 0 Å². The van der Waals surface area contributed by atoms with Crippen LogP contribution in [-0.2, 0) is 24.6 Å². The third kappa shape index (κ3) is 2.80. The second-order valence-electron chi connectivity index (χ2n) is 7.53. The van der Waals surface area contributed by atoms with E-state index in [2.05, 4.69) is 10.4 Å². The summed E-state index contributed by atoms with van der Waals surface area (Å²) in [5, 5.41) is 7.69. The summed E-state index contributed by atoms with van der Waals surface area (Å²) in [5.41, 5.74) is 3.10. The smallest absolute Gasteiger partial charge is 0.272 e. The van der Waals surface area contributed by atoms with Crippen LogP contribution in [-0.4, -0.2) is 33.9 Å². The monoisotopic (exact) mass is 317 g/mol. The predicted octanol–water partition coefficient (Wildman–Crippen LogP) is 2.52. The van der Waals surface area contributed by atoms with Crippen molar-refractivity contribution < 1.29 is 9.53 Å². The lowest BCUT2D eigenvalue weighted by Crippen LogP contribution is -2.38. The molecule has 1 aromatic heterocycles. The molecule has 1 atom stereocenters. The summed E-state index contributed by atoms with van der Waals surface area (Å²) in [6, 6.07) is 0.141. The van der Waals surface area contributed by atoms with Crippen molar-refractivity contribution in [2.45, 2.75) is 75.9 Å². The Bertz CT molecular complexity index is 602. The first-order valence-electron chi connectivity index (χ1n) is 9.16. The maximum Gasteiger partial charge on any atom is 0.272 e. The van der Waals surface area contributed by atoms with Gasteiger partial charge in [-0.3, -0.25) is 9.48 Å². The van der Waals surface area contributed by atoms with Crippen molar-refractivity contribution in [2.75, 3.05) is 6.61 Å². The van der Waals surface area contributed by atoms with E-state index in [4.69, 9.17) is 4.74 Å². The number of amides is 1. The highest BCUT2D eigenvalue weighted by molar-refractivity contribution is 5.94. The predicted molar refractivity (Wildman–Crippen MR) is 87.5 cm³/mol. The number of carbonyl (C=O) groups excluding carboxylic acids is 1. The molecule has 2 heterocycles. The van der Waals surface area contributed by atoms with Gasteiger partial charge in [-0.2, -0.15) is 5.10 Å². The van der Waals surface area contributed by atoms with E-state index in [1.54, 1.807) is 0 Å². The van der Waals surface area contributed by atoms with Crippen molar-refractivity contribution in [2.24, 2.45) is 7.05 Å². The molecule has 1 amide bonds. The fourth-order valence-electron chi connectivity index (χ4n) is 4.69. The second kappa shape index (κ2) is 5.93. The number of nitrogens with zero attached hydrogens (tertiary/aromatic N) is 2. The minimum atomic E-state index is -0.00907. The third-order valence-corrected chi connectivity index (χ3v) is 5.89. The lowest BCUT2D eigenvalue weighted by Gasteiger charge is -2.32. The Morgan fingerprint density at radius 1 is 1.22 bits per heavy atom. The summed E-state index contributed by atoms with van der Waals surface area (Å²) < 4.78 is 8.01. The fourth-order valence-corrected chi connectivity index (χ4v) is 4.69. The van der Waals surface area contributed by atoms with Gasteiger partial charge in [0.25, 0.3) is 5.91 Å². The zero-order valence-electron chi connectivity index (χ0n) is 14.1. The molecular formula is C18H27N3O2. The summed E-state index contributed by atoms with van der Waals surface area (Å²) >= 11 is 0. The highest BCUT2D eigenvalue weighted by Crippen LogP contribution is 2.39. The Morgan fingerprint density at radius 3 is 2.83 bits per heavy atom. The van der Waals surface area contributed by atoms with Crippen LogP contribution in [0.15, 0.2) is 0 Å². The molecule has 1 aliphatic heterocycles. The number of aryl methyl sites for hydroxylation is 1. The zero-order valence-corrected chi connectivity index (χ0v) is 14.1. The van der Waals surface area contributed by atoms with Gasteiger partial charge in [-0.1, -0.05) is 19.3 Å². The summed E-state index contributed by atoms with van der Waals surface area (Å²) in [5.74, 6) is -0.00907. The molecule has 5 heteroatoms. The van der Waals surface area contributed by atoms with Crippen molar-refractivity contribution in [1.29, 1.82) is 0 Å². The maximum atomic E-state index is 12.7. The standard InChI is InChI=1S/C18H27N3O2/c1-21-15-8-4-3-7-14(15)16(20-21)17(22)19-13-11-18(23-12-13)9-5-2-6-10-18/h13H,2-12H2,1H3,(H,19,22)/t13-/m1/s1. The van der Waals surface area contributed by atoms with Gasteiger partial charge in [0.1, 0.15) is 0 Å². The summed E-state index contributed by atoms with van der Waals surface area (Å²) in [4.78, 5) is 12.7. The van der Waals surface area contributed by atoms with Gasteiger partial charge in [-0.15, -0.1) is 0 Å². The number of hydrogen-bond acceptors (Lipinski definition) is 3.